The van der Waals surface area contributed by atoms with Crippen molar-refractivity contribution in [3.05, 3.63) is 28.0 Å². The average Bonchev–Trinajstić information content (AvgIpc) is 2.05. The van der Waals surface area contributed by atoms with Crippen LogP contribution in [0.25, 0.3) is 0 Å². The summed E-state index contributed by atoms with van der Waals surface area (Å²) >= 11 is 2.84. The van der Waals surface area contributed by atoms with Crippen molar-refractivity contribution in [1.29, 1.82) is 0 Å². The molecule has 1 aromatic rings. The highest BCUT2D eigenvalue weighted by atomic mass is 79.9. The van der Waals surface area contributed by atoms with Crippen LogP contribution in [-0.4, -0.2) is 16.1 Å². The van der Waals surface area contributed by atoms with Crippen LogP contribution in [0.3, 0.4) is 0 Å². The molecule has 1 rings (SSSR count). The highest BCUT2D eigenvalue weighted by Gasteiger charge is 2.31. The van der Waals surface area contributed by atoms with Crippen LogP contribution in [0.4, 0.5) is 13.2 Å². The molecule has 0 amide bonds. The monoisotopic (exact) mass is 283 g/mol. The second-order valence-corrected chi connectivity index (χ2v) is 3.58. The Morgan fingerprint density at radius 1 is 1.53 bits per heavy atom. The van der Waals surface area contributed by atoms with Crippen molar-refractivity contribution in [3.8, 4) is 0 Å². The van der Waals surface area contributed by atoms with E-state index in [4.69, 9.17) is 5.11 Å². The number of carboxylic acids is 1. The minimum Gasteiger partial charge on any atom is -0.481 e. The lowest BCUT2D eigenvalue weighted by Crippen LogP contribution is -2.08. The van der Waals surface area contributed by atoms with Crippen molar-refractivity contribution >= 4 is 21.9 Å². The molecular weight excluding hydrogens is 279 g/mol. The first-order valence-corrected chi connectivity index (χ1v) is 4.53. The lowest BCUT2D eigenvalue weighted by Gasteiger charge is -2.07. The topological polar surface area (TPSA) is 50.2 Å². The Bertz CT molecular complexity index is 392. The molecule has 0 unspecified atom stereocenters. The molecule has 0 aliphatic rings. The van der Waals surface area contributed by atoms with Gasteiger partial charge < -0.3 is 5.11 Å². The zero-order valence-electron chi connectivity index (χ0n) is 7.18. The SMILES string of the molecule is O=C(O)Cc1ncc(C(F)(F)F)cc1Br. The van der Waals surface area contributed by atoms with Gasteiger partial charge in [0, 0.05) is 10.7 Å². The molecule has 0 saturated heterocycles. The number of aromatic nitrogens is 1. The van der Waals surface area contributed by atoms with Gasteiger partial charge in [-0.05, 0) is 22.0 Å². The summed E-state index contributed by atoms with van der Waals surface area (Å²) in [6, 6.07) is 0.811. The van der Waals surface area contributed by atoms with Crippen LogP contribution in [0.5, 0.6) is 0 Å². The molecule has 1 N–H and O–H groups in total. The highest BCUT2D eigenvalue weighted by Crippen LogP contribution is 2.31. The Kier molecular flexibility index (Phi) is 3.33. The van der Waals surface area contributed by atoms with Gasteiger partial charge in [-0.15, -0.1) is 0 Å². The first-order chi connectivity index (χ1) is 6.80. The molecule has 0 aliphatic carbocycles. The standard InChI is InChI=1S/C8H5BrF3NO2/c9-5-1-4(8(10,11)12)3-13-6(5)2-7(14)15/h1,3H,2H2,(H,14,15). The Labute approximate surface area is 91.1 Å². The summed E-state index contributed by atoms with van der Waals surface area (Å²) in [5, 5.41) is 8.44. The molecule has 82 valence electrons. The first-order valence-electron chi connectivity index (χ1n) is 3.74. The van der Waals surface area contributed by atoms with E-state index >= 15 is 0 Å². The number of nitrogens with zero attached hydrogens (tertiary/aromatic N) is 1. The summed E-state index contributed by atoms with van der Waals surface area (Å²) in [5.74, 6) is -1.15. The number of carbonyl (C=O) groups is 1. The van der Waals surface area contributed by atoms with Gasteiger partial charge in [0.15, 0.2) is 0 Å². The number of hydrogen-bond donors (Lipinski definition) is 1. The van der Waals surface area contributed by atoms with Crippen LogP contribution in [-0.2, 0) is 17.4 Å². The van der Waals surface area contributed by atoms with E-state index in [1.807, 2.05) is 0 Å². The molecule has 7 heteroatoms. The fraction of sp³-hybridized carbons (Fsp3) is 0.250. The van der Waals surface area contributed by atoms with Gasteiger partial charge in [-0.3, -0.25) is 9.78 Å². The smallest absolute Gasteiger partial charge is 0.417 e. The molecule has 0 fully saturated rings. The highest BCUT2D eigenvalue weighted by molar-refractivity contribution is 9.10. The third kappa shape index (κ3) is 3.19. The molecule has 0 aromatic carbocycles. The van der Waals surface area contributed by atoms with Crippen LogP contribution < -0.4 is 0 Å². The number of halogens is 4. The van der Waals surface area contributed by atoms with Gasteiger partial charge in [-0.2, -0.15) is 13.2 Å². The van der Waals surface area contributed by atoms with Crippen LogP contribution >= 0.6 is 15.9 Å². The fourth-order valence-corrected chi connectivity index (χ4v) is 1.38. The normalized spacial score (nSPS) is 11.5. The molecule has 3 nitrogen and oxygen atoms in total. The van der Waals surface area contributed by atoms with Crippen molar-refractivity contribution in [3.63, 3.8) is 0 Å². The van der Waals surface area contributed by atoms with Crippen LogP contribution in [0.1, 0.15) is 11.3 Å². The number of alkyl halides is 3. The summed E-state index contributed by atoms with van der Waals surface area (Å²) in [5.41, 5.74) is -0.848. The van der Waals surface area contributed by atoms with Crippen LogP contribution in [0, 0.1) is 0 Å². The summed E-state index contributed by atoms with van der Waals surface area (Å²) in [4.78, 5) is 13.8. The summed E-state index contributed by atoms with van der Waals surface area (Å²) in [7, 11) is 0. The van der Waals surface area contributed by atoms with Gasteiger partial charge in [0.1, 0.15) is 0 Å². The van der Waals surface area contributed by atoms with Gasteiger partial charge in [-0.25, -0.2) is 0 Å². The minimum atomic E-state index is -4.47. The Morgan fingerprint density at radius 2 is 2.13 bits per heavy atom. The number of hydrogen-bond acceptors (Lipinski definition) is 2. The first kappa shape index (κ1) is 12.0. The molecule has 15 heavy (non-hydrogen) atoms. The molecule has 1 heterocycles. The zero-order chi connectivity index (χ0) is 11.6. The van der Waals surface area contributed by atoms with Gasteiger partial charge >= 0.3 is 12.1 Å². The molecule has 0 aliphatic heterocycles. The lowest BCUT2D eigenvalue weighted by molar-refractivity contribution is -0.138. The summed E-state index contributed by atoms with van der Waals surface area (Å²) < 4.78 is 36.6. The predicted molar refractivity (Wildman–Crippen MR) is 48.3 cm³/mol. The second kappa shape index (κ2) is 4.18. The van der Waals surface area contributed by atoms with Crippen molar-refractivity contribution in [2.24, 2.45) is 0 Å². The molecular formula is C8H5BrF3NO2. The maximum absolute atomic E-state index is 12.2. The summed E-state index contributed by atoms with van der Waals surface area (Å²) in [6.45, 7) is 0. The Hall–Kier alpha value is -1.11. The van der Waals surface area contributed by atoms with Crippen LogP contribution in [0.2, 0.25) is 0 Å². The van der Waals surface area contributed by atoms with Gasteiger partial charge in [0.05, 0.1) is 17.7 Å². The molecule has 0 atom stereocenters. The van der Waals surface area contributed by atoms with Crippen molar-refractivity contribution in [1.82, 2.24) is 4.98 Å². The predicted octanol–water partition coefficient (Wildman–Crippen LogP) is 2.49. The number of aliphatic carboxylic acids is 1. The Balaban J connectivity index is 3.03. The maximum Gasteiger partial charge on any atom is 0.417 e. The van der Waals surface area contributed by atoms with Crippen molar-refractivity contribution in [2.45, 2.75) is 12.6 Å². The maximum atomic E-state index is 12.2. The van der Waals surface area contributed by atoms with E-state index in [0.717, 1.165) is 6.07 Å². The average molecular weight is 284 g/mol. The minimum absolute atomic E-state index is 0.0414. The van der Waals surface area contributed by atoms with Crippen LogP contribution in [0.15, 0.2) is 16.7 Å². The lowest BCUT2D eigenvalue weighted by atomic mass is 10.2. The zero-order valence-corrected chi connectivity index (χ0v) is 8.76. The number of rotatable bonds is 2. The van der Waals surface area contributed by atoms with Gasteiger partial charge in [0.2, 0.25) is 0 Å². The quantitative estimate of drug-likeness (QED) is 0.907. The summed E-state index contributed by atoms with van der Waals surface area (Å²) in [6.07, 6.45) is -4.28. The van der Waals surface area contributed by atoms with E-state index in [1.54, 1.807) is 0 Å². The molecule has 0 radical (unpaired) electrons. The van der Waals surface area contributed by atoms with E-state index in [-0.39, 0.29) is 10.2 Å². The van der Waals surface area contributed by atoms with Crippen molar-refractivity contribution < 1.29 is 23.1 Å². The van der Waals surface area contributed by atoms with Crippen molar-refractivity contribution in [2.75, 3.05) is 0 Å². The van der Waals surface area contributed by atoms with E-state index in [9.17, 15) is 18.0 Å². The van der Waals surface area contributed by atoms with Gasteiger partial charge in [-0.1, -0.05) is 0 Å². The van der Waals surface area contributed by atoms with E-state index < -0.39 is 24.1 Å². The largest absolute Gasteiger partial charge is 0.481 e. The molecule has 0 saturated carbocycles. The Morgan fingerprint density at radius 3 is 2.53 bits per heavy atom. The van der Waals surface area contributed by atoms with Gasteiger partial charge in [0.25, 0.3) is 0 Å². The van der Waals surface area contributed by atoms with E-state index in [1.165, 1.54) is 0 Å². The fourth-order valence-electron chi connectivity index (χ4n) is 0.895. The third-order valence-corrected chi connectivity index (χ3v) is 2.25. The van der Waals surface area contributed by atoms with E-state index in [0.29, 0.717) is 6.20 Å². The second-order valence-electron chi connectivity index (χ2n) is 2.72. The third-order valence-electron chi connectivity index (χ3n) is 1.56. The number of carboxylic acid groups (broad SMARTS) is 1. The number of pyridine rings is 1. The molecule has 1 aromatic heterocycles. The molecule has 0 spiro atoms. The van der Waals surface area contributed by atoms with E-state index in [2.05, 4.69) is 20.9 Å². The molecule has 0 bridgehead atoms.